The second-order valence-electron chi connectivity index (χ2n) is 6.95. The van der Waals surface area contributed by atoms with Crippen molar-refractivity contribution in [1.82, 2.24) is 15.3 Å². The zero-order chi connectivity index (χ0) is 19.3. The quantitative estimate of drug-likeness (QED) is 0.484. The number of pyridine rings is 1. The first kappa shape index (κ1) is 20.9. The Hall–Kier alpha value is -2.37. The fourth-order valence-electron chi connectivity index (χ4n) is 2.95. The van der Waals surface area contributed by atoms with Gasteiger partial charge in [0.25, 0.3) is 5.91 Å². The lowest BCUT2D eigenvalue weighted by atomic mass is 10.1. The first-order valence-corrected chi connectivity index (χ1v) is 10.2. The van der Waals surface area contributed by atoms with E-state index in [1.165, 1.54) is 57.6 Å². The molecule has 3 N–H and O–H groups in total. The highest BCUT2D eigenvalue weighted by Crippen LogP contribution is 2.18. The molecule has 0 aliphatic rings. The second kappa shape index (κ2) is 12.1. The molecule has 0 saturated heterocycles. The van der Waals surface area contributed by atoms with Gasteiger partial charge in [0.2, 0.25) is 5.89 Å². The maximum absolute atomic E-state index is 12.1. The number of oxazole rings is 1. The van der Waals surface area contributed by atoms with Gasteiger partial charge in [0, 0.05) is 12.7 Å². The first-order chi connectivity index (χ1) is 13.2. The fourth-order valence-corrected chi connectivity index (χ4v) is 2.95. The number of anilines is 1. The molecule has 0 spiro atoms. The summed E-state index contributed by atoms with van der Waals surface area (Å²) in [7, 11) is 0. The number of unbranched alkanes of at least 4 members (excludes halogenated alkanes) is 9. The average Bonchev–Trinajstić information content (AvgIpc) is 3.17. The van der Waals surface area contributed by atoms with E-state index in [9.17, 15) is 4.79 Å². The van der Waals surface area contributed by atoms with E-state index in [0.29, 0.717) is 23.8 Å². The van der Waals surface area contributed by atoms with Gasteiger partial charge in [-0.1, -0.05) is 64.7 Å². The van der Waals surface area contributed by atoms with Crippen molar-refractivity contribution in [3.05, 3.63) is 30.3 Å². The topological polar surface area (TPSA) is 94.0 Å². The van der Waals surface area contributed by atoms with E-state index in [4.69, 9.17) is 10.2 Å². The van der Waals surface area contributed by atoms with Gasteiger partial charge in [-0.25, -0.2) is 9.97 Å². The van der Waals surface area contributed by atoms with Crippen LogP contribution in [0.15, 0.2) is 29.0 Å². The third-order valence-electron chi connectivity index (χ3n) is 4.59. The molecule has 27 heavy (non-hydrogen) atoms. The van der Waals surface area contributed by atoms with Crippen LogP contribution in [0.25, 0.3) is 11.5 Å². The van der Waals surface area contributed by atoms with Crippen LogP contribution in [0.2, 0.25) is 0 Å². The molecule has 0 atom stereocenters. The highest BCUT2D eigenvalue weighted by Gasteiger charge is 2.13. The molecule has 148 valence electrons. The Morgan fingerprint density at radius 1 is 1.04 bits per heavy atom. The van der Waals surface area contributed by atoms with Gasteiger partial charge >= 0.3 is 0 Å². The normalized spacial score (nSPS) is 10.9. The van der Waals surface area contributed by atoms with Crippen LogP contribution in [-0.2, 0) is 0 Å². The molecule has 0 aliphatic carbocycles. The van der Waals surface area contributed by atoms with Crippen LogP contribution < -0.4 is 11.1 Å². The van der Waals surface area contributed by atoms with Gasteiger partial charge in [-0.05, 0) is 18.6 Å². The molecule has 1 amide bonds. The van der Waals surface area contributed by atoms with E-state index in [1.54, 1.807) is 18.3 Å². The predicted molar refractivity (Wildman–Crippen MR) is 108 cm³/mol. The predicted octanol–water partition coefficient (Wildman–Crippen LogP) is 4.97. The van der Waals surface area contributed by atoms with Crippen LogP contribution in [-0.4, -0.2) is 22.4 Å². The highest BCUT2D eigenvalue weighted by atomic mass is 16.3. The summed E-state index contributed by atoms with van der Waals surface area (Å²) >= 11 is 0. The molecule has 2 rings (SSSR count). The number of nitrogens with zero attached hydrogens (tertiary/aromatic N) is 2. The molecule has 2 aromatic heterocycles. The van der Waals surface area contributed by atoms with Crippen LogP contribution in [0, 0.1) is 0 Å². The van der Waals surface area contributed by atoms with Crippen LogP contribution in [0.4, 0.5) is 5.82 Å². The van der Waals surface area contributed by atoms with Crippen LogP contribution in [0.5, 0.6) is 0 Å². The Bertz CT molecular complexity index is 667. The number of nitrogens with one attached hydrogen (secondary N) is 1. The molecule has 0 bridgehead atoms. The van der Waals surface area contributed by atoms with Gasteiger partial charge in [-0.2, -0.15) is 0 Å². The Labute approximate surface area is 162 Å². The van der Waals surface area contributed by atoms with Crippen molar-refractivity contribution in [3.63, 3.8) is 0 Å². The molecule has 6 heteroatoms. The number of aromatic nitrogens is 2. The summed E-state index contributed by atoms with van der Waals surface area (Å²) < 4.78 is 5.37. The summed E-state index contributed by atoms with van der Waals surface area (Å²) in [4.78, 5) is 20.4. The smallest absolute Gasteiger partial charge is 0.273 e. The fraction of sp³-hybridized carbons (Fsp3) is 0.571. The maximum Gasteiger partial charge on any atom is 0.273 e. The van der Waals surface area contributed by atoms with Gasteiger partial charge in [0.05, 0.1) is 5.56 Å². The van der Waals surface area contributed by atoms with Gasteiger partial charge < -0.3 is 15.5 Å². The Morgan fingerprint density at radius 2 is 1.70 bits per heavy atom. The zero-order valence-corrected chi connectivity index (χ0v) is 16.4. The minimum atomic E-state index is -0.204. The SMILES string of the molecule is CCCCCCCCCCCCNC(=O)c1coc(-c2ccc(N)nc2)n1. The second-order valence-corrected chi connectivity index (χ2v) is 6.95. The number of rotatable bonds is 13. The maximum atomic E-state index is 12.1. The van der Waals surface area contributed by atoms with Crippen LogP contribution >= 0.6 is 0 Å². The van der Waals surface area contributed by atoms with E-state index in [0.717, 1.165) is 12.8 Å². The van der Waals surface area contributed by atoms with E-state index in [1.807, 2.05) is 0 Å². The number of hydrogen-bond acceptors (Lipinski definition) is 5. The number of nitrogen functional groups attached to an aromatic ring is 1. The largest absolute Gasteiger partial charge is 0.444 e. The molecule has 0 saturated carbocycles. The Kier molecular flexibility index (Phi) is 9.38. The number of nitrogens with two attached hydrogens (primary N) is 1. The number of amides is 1. The molecule has 0 aliphatic heterocycles. The Morgan fingerprint density at radius 3 is 2.33 bits per heavy atom. The first-order valence-electron chi connectivity index (χ1n) is 10.2. The lowest BCUT2D eigenvalue weighted by molar-refractivity contribution is 0.0948. The molecular formula is C21H32N4O2. The third kappa shape index (κ3) is 7.81. The summed E-state index contributed by atoms with van der Waals surface area (Å²) in [5.74, 6) is 0.593. The molecule has 0 unspecified atom stereocenters. The summed E-state index contributed by atoms with van der Waals surface area (Å²) in [5, 5.41) is 2.90. The van der Waals surface area contributed by atoms with Crippen molar-refractivity contribution >= 4 is 11.7 Å². The van der Waals surface area contributed by atoms with E-state index in [2.05, 4.69) is 22.2 Å². The van der Waals surface area contributed by atoms with Crippen molar-refractivity contribution in [2.24, 2.45) is 0 Å². The van der Waals surface area contributed by atoms with Crippen molar-refractivity contribution in [3.8, 4) is 11.5 Å². The van der Waals surface area contributed by atoms with Gasteiger partial charge in [0.15, 0.2) is 5.69 Å². The van der Waals surface area contributed by atoms with Crippen molar-refractivity contribution in [2.75, 3.05) is 12.3 Å². The summed E-state index contributed by atoms with van der Waals surface area (Å²) in [5.41, 5.74) is 6.54. The van der Waals surface area contributed by atoms with Crippen molar-refractivity contribution in [1.29, 1.82) is 0 Å². The minimum absolute atomic E-state index is 0.204. The molecule has 6 nitrogen and oxygen atoms in total. The van der Waals surface area contributed by atoms with Gasteiger partial charge in [0.1, 0.15) is 12.1 Å². The number of carbonyl (C=O) groups is 1. The molecule has 0 radical (unpaired) electrons. The summed E-state index contributed by atoms with van der Waals surface area (Å²) in [6, 6.07) is 3.43. The van der Waals surface area contributed by atoms with E-state index < -0.39 is 0 Å². The summed E-state index contributed by atoms with van der Waals surface area (Å²) in [6.07, 6.45) is 15.7. The van der Waals surface area contributed by atoms with Crippen LogP contribution in [0.1, 0.15) is 81.6 Å². The van der Waals surface area contributed by atoms with E-state index in [-0.39, 0.29) is 11.6 Å². The lowest BCUT2D eigenvalue weighted by Crippen LogP contribution is -2.24. The summed E-state index contributed by atoms with van der Waals surface area (Å²) in [6.45, 7) is 2.92. The zero-order valence-electron chi connectivity index (χ0n) is 16.4. The standard InChI is InChI=1S/C21H32N4O2/c1-2-3-4-5-6-7-8-9-10-11-14-23-20(26)18-16-27-21(25-18)17-12-13-19(22)24-15-17/h12-13,15-16H,2-11,14H2,1H3,(H2,22,24)(H,23,26). The third-order valence-corrected chi connectivity index (χ3v) is 4.59. The van der Waals surface area contributed by atoms with Crippen molar-refractivity contribution < 1.29 is 9.21 Å². The Balaban J connectivity index is 1.57. The molecule has 2 heterocycles. The average molecular weight is 373 g/mol. The van der Waals surface area contributed by atoms with Gasteiger partial charge in [-0.3, -0.25) is 4.79 Å². The molecule has 0 fully saturated rings. The van der Waals surface area contributed by atoms with Crippen LogP contribution in [0.3, 0.4) is 0 Å². The highest BCUT2D eigenvalue weighted by molar-refractivity contribution is 5.92. The number of carbonyl (C=O) groups excluding carboxylic acids is 1. The van der Waals surface area contributed by atoms with Crippen molar-refractivity contribution in [2.45, 2.75) is 71.1 Å². The molecular weight excluding hydrogens is 340 g/mol. The van der Waals surface area contributed by atoms with E-state index >= 15 is 0 Å². The molecule has 2 aromatic rings. The number of hydrogen-bond donors (Lipinski definition) is 2. The monoisotopic (exact) mass is 372 g/mol. The minimum Gasteiger partial charge on any atom is -0.444 e. The lowest BCUT2D eigenvalue weighted by Gasteiger charge is -2.04. The van der Waals surface area contributed by atoms with Gasteiger partial charge in [-0.15, -0.1) is 0 Å². The molecule has 0 aromatic carbocycles.